The summed E-state index contributed by atoms with van der Waals surface area (Å²) in [5, 5.41) is 0. The van der Waals surface area contributed by atoms with E-state index in [0.29, 0.717) is 18.7 Å². The highest BCUT2D eigenvalue weighted by molar-refractivity contribution is 5.75. The maximum absolute atomic E-state index is 13.7. The predicted molar refractivity (Wildman–Crippen MR) is 133 cm³/mol. The van der Waals surface area contributed by atoms with Crippen molar-refractivity contribution in [2.24, 2.45) is 5.41 Å². The molecule has 1 atom stereocenters. The molecule has 0 bridgehead atoms. The zero-order valence-corrected chi connectivity index (χ0v) is 21.2. The molecule has 1 aromatic carbocycles. The number of imidazole rings is 1. The van der Waals surface area contributed by atoms with Gasteiger partial charge in [0.15, 0.2) is 0 Å². The Bertz CT molecular complexity index is 1210. The average molecular weight is 469 g/mol. The third-order valence-corrected chi connectivity index (χ3v) is 8.09. The van der Waals surface area contributed by atoms with Gasteiger partial charge in [0.2, 0.25) is 0 Å². The van der Waals surface area contributed by atoms with E-state index in [4.69, 9.17) is 4.74 Å². The van der Waals surface area contributed by atoms with Crippen molar-refractivity contribution in [1.29, 1.82) is 0 Å². The van der Waals surface area contributed by atoms with Gasteiger partial charge in [-0.1, -0.05) is 6.07 Å². The second-order valence-electron chi connectivity index (χ2n) is 10.6. The number of aromatic nitrogens is 3. The molecule has 3 heterocycles. The van der Waals surface area contributed by atoms with Gasteiger partial charge >= 0.3 is 5.69 Å². The largest absolute Gasteiger partial charge is 0.375 e. The van der Waals surface area contributed by atoms with E-state index >= 15 is 0 Å². The van der Waals surface area contributed by atoms with Crippen LogP contribution in [0.5, 0.6) is 0 Å². The Morgan fingerprint density at radius 3 is 2.65 bits per heavy atom. The molecule has 1 aliphatic heterocycles. The number of aryl methyl sites for hydroxylation is 2. The molecule has 1 saturated heterocycles. The number of nitrogens with zero attached hydrogens (tertiary/aromatic N) is 3. The van der Waals surface area contributed by atoms with Gasteiger partial charge in [-0.2, -0.15) is 0 Å². The maximum Gasteiger partial charge on any atom is 0.326 e. The Kier molecular flexibility index (Phi) is 6.46. The van der Waals surface area contributed by atoms with Gasteiger partial charge in [0.05, 0.1) is 16.6 Å². The summed E-state index contributed by atoms with van der Waals surface area (Å²) in [7, 11) is 0. The molecule has 0 amide bonds. The van der Waals surface area contributed by atoms with Crippen LogP contribution in [-0.4, -0.2) is 44.7 Å². The van der Waals surface area contributed by atoms with E-state index in [0.717, 1.165) is 37.1 Å². The molecule has 2 aromatic heterocycles. The van der Waals surface area contributed by atoms with Crippen molar-refractivity contribution in [3.05, 3.63) is 64.1 Å². The number of fused-ring (bicyclic) bond motifs is 1. The second kappa shape index (κ2) is 8.93. The number of hydrogen-bond donors (Lipinski definition) is 1. The van der Waals surface area contributed by atoms with Crippen LogP contribution in [0.25, 0.3) is 11.0 Å². The number of benzene rings is 1. The number of H-pyrrole nitrogens is 1. The summed E-state index contributed by atoms with van der Waals surface area (Å²) in [6, 6.07) is 8.69. The van der Waals surface area contributed by atoms with Crippen molar-refractivity contribution in [2.45, 2.75) is 72.1 Å². The Labute approximate surface area is 201 Å². The molecule has 6 nitrogen and oxygen atoms in total. The Morgan fingerprint density at radius 2 is 1.97 bits per heavy atom. The molecule has 184 valence electrons. The molecule has 0 radical (unpaired) electrons. The van der Waals surface area contributed by atoms with Crippen LogP contribution in [0, 0.1) is 18.2 Å². The molecule has 0 spiro atoms. The molecule has 1 fully saturated rings. The smallest absolute Gasteiger partial charge is 0.326 e. The number of aromatic amines is 1. The zero-order valence-electron chi connectivity index (χ0n) is 21.2. The van der Waals surface area contributed by atoms with Crippen LogP contribution < -0.4 is 5.69 Å². The van der Waals surface area contributed by atoms with Gasteiger partial charge in [0.25, 0.3) is 0 Å². The molecule has 34 heavy (non-hydrogen) atoms. The molecular weight excluding hydrogens is 431 g/mol. The minimum Gasteiger partial charge on any atom is -0.375 e. The molecular formula is C27H37FN4O2. The molecule has 0 saturated carbocycles. The lowest BCUT2D eigenvalue weighted by Crippen LogP contribution is -2.50. The summed E-state index contributed by atoms with van der Waals surface area (Å²) in [5.74, 6) is -0.353. The lowest BCUT2D eigenvalue weighted by atomic mass is 9.70. The molecule has 3 aromatic rings. The molecule has 0 unspecified atom stereocenters. The fourth-order valence-electron chi connectivity index (χ4n) is 5.56. The number of likely N-dealkylation sites (tertiary alicyclic amines) is 1. The van der Waals surface area contributed by atoms with Crippen LogP contribution in [0.1, 0.15) is 58.7 Å². The number of rotatable bonds is 8. The summed E-state index contributed by atoms with van der Waals surface area (Å²) in [5.41, 5.74) is 2.56. The first-order valence-electron chi connectivity index (χ1n) is 12.2. The number of nitrogens with one attached hydrogen (secondary N) is 1. The number of hydrogen-bond acceptors (Lipinski definition) is 4. The zero-order chi connectivity index (χ0) is 24.7. The van der Waals surface area contributed by atoms with Gasteiger partial charge in [0.1, 0.15) is 5.82 Å². The quantitative estimate of drug-likeness (QED) is 0.505. The first-order valence-corrected chi connectivity index (χ1v) is 12.2. The van der Waals surface area contributed by atoms with Crippen LogP contribution in [0.4, 0.5) is 4.39 Å². The van der Waals surface area contributed by atoms with Crippen LogP contribution in [0.2, 0.25) is 0 Å². The normalized spacial score (nSPS) is 19.9. The third kappa shape index (κ3) is 4.31. The number of ether oxygens (including phenoxy) is 1. The van der Waals surface area contributed by atoms with Crippen molar-refractivity contribution < 1.29 is 9.13 Å². The van der Waals surface area contributed by atoms with E-state index in [1.165, 1.54) is 17.7 Å². The summed E-state index contributed by atoms with van der Waals surface area (Å²) in [6.45, 7) is 15.9. The molecule has 1 aliphatic rings. The van der Waals surface area contributed by atoms with E-state index in [1.54, 1.807) is 10.6 Å². The van der Waals surface area contributed by atoms with Crippen LogP contribution in [-0.2, 0) is 16.8 Å². The highest BCUT2D eigenvalue weighted by Gasteiger charge is 2.52. The SMILES string of the molecule is CCOC(C)(C)[C@@]1(CCn2c(=O)[nH]c3cc(F)ccc32)CCN(C(C)(C)c2ccc(C)nc2)C1. The van der Waals surface area contributed by atoms with Gasteiger partial charge in [-0.05, 0) is 90.8 Å². The molecule has 1 N–H and O–H groups in total. The maximum atomic E-state index is 13.7. The van der Waals surface area contributed by atoms with E-state index in [2.05, 4.69) is 54.7 Å². The summed E-state index contributed by atoms with van der Waals surface area (Å²) >= 11 is 0. The summed E-state index contributed by atoms with van der Waals surface area (Å²) < 4.78 is 21.7. The first-order chi connectivity index (χ1) is 16.0. The number of pyridine rings is 1. The van der Waals surface area contributed by atoms with Crippen LogP contribution in [0.3, 0.4) is 0 Å². The van der Waals surface area contributed by atoms with Gasteiger partial charge in [0, 0.05) is 42.5 Å². The van der Waals surface area contributed by atoms with Crippen molar-refractivity contribution >= 4 is 11.0 Å². The van der Waals surface area contributed by atoms with Crippen LogP contribution in [0.15, 0.2) is 41.3 Å². The lowest BCUT2D eigenvalue weighted by Gasteiger charge is -2.46. The lowest BCUT2D eigenvalue weighted by molar-refractivity contribution is -0.111. The highest BCUT2D eigenvalue weighted by Crippen LogP contribution is 2.49. The topological polar surface area (TPSA) is 63.1 Å². The van der Waals surface area contributed by atoms with E-state index in [9.17, 15) is 9.18 Å². The van der Waals surface area contributed by atoms with Crippen molar-refractivity contribution in [3.63, 3.8) is 0 Å². The minimum atomic E-state index is -0.375. The Morgan fingerprint density at radius 1 is 1.21 bits per heavy atom. The van der Waals surface area contributed by atoms with Gasteiger partial charge < -0.3 is 9.72 Å². The molecule has 0 aliphatic carbocycles. The summed E-state index contributed by atoms with van der Waals surface area (Å²) in [4.78, 5) is 22.6. The Hall–Kier alpha value is -2.51. The minimum absolute atomic E-state index is 0.151. The Balaban J connectivity index is 1.64. The highest BCUT2D eigenvalue weighted by atomic mass is 19.1. The van der Waals surface area contributed by atoms with Gasteiger partial charge in [-0.25, -0.2) is 9.18 Å². The van der Waals surface area contributed by atoms with E-state index in [1.807, 2.05) is 20.0 Å². The summed E-state index contributed by atoms with van der Waals surface area (Å²) in [6.07, 6.45) is 3.73. The fraction of sp³-hybridized carbons (Fsp3) is 0.556. The molecule has 7 heteroatoms. The predicted octanol–water partition coefficient (Wildman–Crippen LogP) is 5.00. The van der Waals surface area contributed by atoms with Gasteiger partial charge in [-0.3, -0.25) is 14.5 Å². The number of halogens is 1. The van der Waals surface area contributed by atoms with Crippen molar-refractivity contribution in [2.75, 3.05) is 19.7 Å². The standard InChI is InChI=1S/C27H37FN4O2/c1-7-34-26(5,6)27(13-15-32-23-11-10-21(28)16-22(23)30-24(32)33)12-14-31(18-27)25(3,4)20-9-8-19(2)29-17-20/h8-11,16-17H,7,12-15,18H2,1-6H3,(H,30,33)/t27-/m1/s1. The van der Waals surface area contributed by atoms with Gasteiger partial charge in [-0.15, -0.1) is 0 Å². The first kappa shape index (κ1) is 24.6. The fourth-order valence-corrected chi connectivity index (χ4v) is 5.56. The van der Waals surface area contributed by atoms with E-state index < -0.39 is 0 Å². The second-order valence-corrected chi connectivity index (χ2v) is 10.6. The van der Waals surface area contributed by atoms with E-state index in [-0.39, 0.29) is 28.1 Å². The third-order valence-electron chi connectivity index (χ3n) is 8.09. The average Bonchev–Trinajstić information content (AvgIpc) is 3.35. The monoisotopic (exact) mass is 468 g/mol. The molecule has 4 rings (SSSR count). The van der Waals surface area contributed by atoms with Crippen molar-refractivity contribution in [3.8, 4) is 0 Å². The van der Waals surface area contributed by atoms with Crippen molar-refractivity contribution in [1.82, 2.24) is 19.4 Å². The van der Waals surface area contributed by atoms with Crippen LogP contribution >= 0.6 is 0 Å².